The lowest BCUT2D eigenvalue weighted by Gasteiger charge is -2.07. The van der Waals surface area contributed by atoms with Crippen LogP contribution in [0.2, 0.25) is 0 Å². The molecule has 2 aromatic heterocycles. The number of hydrogen-bond donors (Lipinski definition) is 1. The van der Waals surface area contributed by atoms with E-state index in [-0.39, 0.29) is 5.69 Å². The smallest absolute Gasteiger partial charge is 0.286 e. The Morgan fingerprint density at radius 3 is 2.64 bits per heavy atom. The number of nitro groups is 1. The quantitative estimate of drug-likeness (QED) is 0.457. The minimum absolute atomic E-state index is 0.0336. The Kier molecular flexibility index (Phi) is 3.66. The van der Waals surface area contributed by atoms with Crippen LogP contribution in [0.15, 0.2) is 60.8 Å². The number of nitrogens with two attached hydrogens (primary N) is 1. The van der Waals surface area contributed by atoms with Gasteiger partial charge >= 0.3 is 0 Å². The Balaban J connectivity index is 2.00. The first-order chi connectivity index (χ1) is 12.2. The van der Waals surface area contributed by atoms with E-state index in [0.29, 0.717) is 18.6 Å². The SMILES string of the molecule is NCCc1nc2ccc([N+](=O)[O-])cn2c1-c1ccc2ccccc2c1. The monoisotopic (exact) mass is 332 g/mol. The average Bonchev–Trinajstić information content (AvgIpc) is 2.98. The van der Waals surface area contributed by atoms with Crippen molar-refractivity contribution in [2.75, 3.05) is 6.54 Å². The van der Waals surface area contributed by atoms with Crippen LogP contribution in [-0.4, -0.2) is 20.9 Å². The van der Waals surface area contributed by atoms with E-state index in [4.69, 9.17) is 5.73 Å². The fourth-order valence-electron chi connectivity index (χ4n) is 3.14. The van der Waals surface area contributed by atoms with Crippen molar-refractivity contribution in [3.8, 4) is 11.3 Å². The first kappa shape index (κ1) is 15.3. The van der Waals surface area contributed by atoms with Crippen LogP contribution in [0.25, 0.3) is 27.7 Å². The normalized spacial score (nSPS) is 11.2. The Bertz CT molecular complexity index is 1100. The molecule has 4 aromatic rings. The highest BCUT2D eigenvalue weighted by atomic mass is 16.6. The molecule has 4 rings (SSSR count). The average molecular weight is 332 g/mol. The van der Waals surface area contributed by atoms with Gasteiger partial charge in [0.2, 0.25) is 0 Å². The predicted octanol–water partition coefficient (Wildman–Crippen LogP) is 3.56. The molecule has 2 heterocycles. The standard InChI is InChI=1S/C19H16N4O2/c20-10-9-17-19(15-6-5-13-3-1-2-4-14(13)11-15)22-12-16(23(24)25)7-8-18(22)21-17/h1-8,11-12H,9-10,20H2. The number of aromatic nitrogens is 2. The molecule has 0 aliphatic carbocycles. The number of benzene rings is 2. The van der Waals surface area contributed by atoms with E-state index in [0.717, 1.165) is 27.7 Å². The van der Waals surface area contributed by atoms with Crippen molar-refractivity contribution >= 4 is 22.1 Å². The Morgan fingerprint density at radius 2 is 1.88 bits per heavy atom. The highest BCUT2D eigenvalue weighted by Gasteiger charge is 2.17. The summed E-state index contributed by atoms with van der Waals surface area (Å²) in [6.45, 7) is 0.465. The molecule has 0 unspecified atom stereocenters. The largest absolute Gasteiger partial charge is 0.330 e. The Hall–Kier alpha value is -3.25. The lowest BCUT2D eigenvalue weighted by Crippen LogP contribution is -2.04. The summed E-state index contributed by atoms with van der Waals surface area (Å²) in [6.07, 6.45) is 2.13. The molecule has 0 fully saturated rings. The number of hydrogen-bond acceptors (Lipinski definition) is 4. The van der Waals surface area contributed by atoms with Gasteiger partial charge in [0.15, 0.2) is 0 Å². The molecular formula is C19H16N4O2. The van der Waals surface area contributed by atoms with Gasteiger partial charge in [-0.05, 0) is 29.4 Å². The van der Waals surface area contributed by atoms with E-state index in [1.165, 1.54) is 12.3 Å². The van der Waals surface area contributed by atoms with Crippen LogP contribution in [0.3, 0.4) is 0 Å². The zero-order chi connectivity index (χ0) is 17.4. The van der Waals surface area contributed by atoms with Crippen LogP contribution < -0.4 is 5.73 Å². The summed E-state index contributed by atoms with van der Waals surface area (Å²) >= 11 is 0. The molecule has 6 nitrogen and oxygen atoms in total. The molecule has 2 aromatic carbocycles. The molecule has 0 saturated heterocycles. The summed E-state index contributed by atoms with van der Waals surface area (Å²) in [4.78, 5) is 15.4. The van der Waals surface area contributed by atoms with Crippen LogP contribution in [0.1, 0.15) is 5.69 Å². The third kappa shape index (κ3) is 2.62. The van der Waals surface area contributed by atoms with Gasteiger partial charge in [0, 0.05) is 18.1 Å². The van der Waals surface area contributed by atoms with Crippen LogP contribution in [0.5, 0.6) is 0 Å². The zero-order valence-electron chi connectivity index (χ0n) is 13.4. The molecule has 124 valence electrons. The summed E-state index contributed by atoms with van der Waals surface area (Å²) < 4.78 is 1.78. The van der Waals surface area contributed by atoms with Gasteiger partial charge < -0.3 is 5.73 Å². The van der Waals surface area contributed by atoms with E-state index >= 15 is 0 Å². The summed E-state index contributed by atoms with van der Waals surface area (Å²) in [5, 5.41) is 13.4. The molecule has 6 heteroatoms. The lowest BCUT2D eigenvalue weighted by molar-refractivity contribution is -0.385. The molecule has 0 bridgehead atoms. The van der Waals surface area contributed by atoms with E-state index in [1.807, 2.05) is 30.3 Å². The van der Waals surface area contributed by atoms with Gasteiger partial charge in [-0.25, -0.2) is 4.98 Å². The summed E-state index contributed by atoms with van der Waals surface area (Å²) in [5.74, 6) is 0. The maximum absolute atomic E-state index is 11.2. The van der Waals surface area contributed by atoms with E-state index < -0.39 is 4.92 Å². The Labute approximate surface area is 143 Å². The van der Waals surface area contributed by atoms with Crippen molar-refractivity contribution in [3.63, 3.8) is 0 Å². The van der Waals surface area contributed by atoms with E-state index in [1.54, 1.807) is 10.5 Å². The van der Waals surface area contributed by atoms with Gasteiger partial charge in [-0.1, -0.05) is 36.4 Å². The number of imidazole rings is 1. The first-order valence-electron chi connectivity index (χ1n) is 8.02. The van der Waals surface area contributed by atoms with Crippen molar-refractivity contribution in [2.24, 2.45) is 5.73 Å². The van der Waals surface area contributed by atoms with Crippen molar-refractivity contribution in [1.29, 1.82) is 0 Å². The number of fused-ring (bicyclic) bond motifs is 2. The van der Waals surface area contributed by atoms with Gasteiger partial charge in [0.05, 0.1) is 22.5 Å². The first-order valence-corrected chi connectivity index (χ1v) is 8.02. The number of rotatable bonds is 4. The summed E-state index contributed by atoms with van der Waals surface area (Å²) in [5.41, 5.74) is 9.12. The van der Waals surface area contributed by atoms with Gasteiger partial charge in [-0.2, -0.15) is 0 Å². The van der Waals surface area contributed by atoms with Crippen LogP contribution in [0.4, 0.5) is 5.69 Å². The fourth-order valence-corrected chi connectivity index (χ4v) is 3.14. The molecule has 25 heavy (non-hydrogen) atoms. The molecule has 0 spiro atoms. The molecule has 0 amide bonds. The summed E-state index contributed by atoms with van der Waals surface area (Å²) in [7, 11) is 0. The van der Waals surface area contributed by atoms with Gasteiger partial charge in [0.25, 0.3) is 5.69 Å². The molecule has 2 N–H and O–H groups in total. The van der Waals surface area contributed by atoms with Gasteiger partial charge in [0.1, 0.15) is 5.65 Å². The minimum atomic E-state index is -0.397. The van der Waals surface area contributed by atoms with Gasteiger partial charge in [-0.3, -0.25) is 14.5 Å². The predicted molar refractivity (Wildman–Crippen MR) is 97.5 cm³/mol. The lowest BCUT2D eigenvalue weighted by atomic mass is 10.0. The van der Waals surface area contributed by atoms with Gasteiger partial charge in [-0.15, -0.1) is 0 Å². The minimum Gasteiger partial charge on any atom is -0.330 e. The molecule has 0 atom stereocenters. The molecule has 0 aliphatic rings. The topological polar surface area (TPSA) is 86.5 Å². The van der Waals surface area contributed by atoms with Crippen molar-refractivity contribution in [3.05, 3.63) is 76.6 Å². The number of nitrogens with zero attached hydrogens (tertiary/aromatic N) is 3. The highest BCUT2D eigenvalue weighted by Crippen LogP contribution is 2.30. The van der Waals surface area contributed by atoms with Crippen LogP contribution >= 0.6 is 0 Å². The highest BCUT2D eigenvalue weighted by molar-refractivity contribution is 5.87. The molecule has 0 aliphatic heterocycles. The fraction of sp³-hybridized carbons (Fsp3) is 0.105. The zero-order valence-corrected chi connectivity index (χ0v) is 13.4. The maximum Gasteiger partial charge on any atom is 0.286 e. The van der Waals surface area contributed by atoms with Crippen molar-refractivity contribution in [1.82, 2.24) is 9.38 Å². The Morgan fingerprint density at radius 1 is 1.08 bits per heavy atom. The van der Waals surface area contributed by atoms with Crippen molar-refractivity contribution in [2.45, 2.75) is 6.42 Å². The summed E-state index contributed by atoms with van der Waals surface area (Å²) in [6, 6.07) is 17.4. The number of pyridine rings is 1. The molecule has 0 radical (unpaired) electrons. The third-order valence-corrected chi connectivity index (χ3v) is 4.29. The second-order valence-electron chi connectivity index (χ2n) is 5.88. The third-order valence-electron chi connectivity index (χ3n) is 4.29. The maximum atomic E-state index is 11.2. The molecule has 0 saturated carbocycles. The second-order valence-corrected chi connectivity index (χ2v) is 5.88. The van der Waals surface area contributed by atoms with Crippen LogP contribution in [0, 0.1) is 10.1 Å². The second kappa shape index (κ2) is 5.99. The van der Waals surface area contributed by atoms with E-state index in [2.05, 4.69) is 17.1 Å². The van der Waals surface area contributed by atoms with E-state index in [9.17, 15) is 10.1 Å². The van der Waals surface area contributed by atoms with Crippen molar-refractivity contribution < 1.29 is 4.92 Å². The molecular weight excluding hydrogens is 316 g/mol. The van der Waals surface area contributed by atoms with Crippen LogP contribution in [-0.2, 0) is 6.42 Å².